The van der Waals surface area contributed by atoms with Crippen LogP contribution in [0.2, 0.25) is 0 Å². The monoisotopic (exact) mass is 279 g/mol. The van der Waals surface area contributed by atoms with E-state index in [-0.39, 0.29) is 29.9 Å². The molecule has 5 heteroatoms. The standard InChI is InChI=1S/C15H21NO4/c1-8-7-20-9(2)6-16(8)14(17)12-10-3-4-11(5-10)13(12)15(18)19/h3-4,8-13H,5-7H2,1-2H3,(H,18,19). The van der Waals surface area contributed by atoms with Gasteiger partial charge in [-0.25, -0.2) is 0 Å². The first kappa shape index (κ1) is 13.6. The van der Waals surface area contributed by atoms with E-state index in [0.717, 1.165) is 6.42 Å². The van der Waals surface area contributed by atoms with Crippen molar-refractivity contribution in [3.63, 3.8) is 0 Å². The van der Waals surface area contributed by atoms with Gasteiger partial charge in [0, 0.05) is 6.54 Å². The maximum Gasteiger partial charge on any atom is 0.307 e. The zero-order chi connectivity index (χ0) is 14.4. The van der Waals surface area contributed by atoms with Crippen molar-refractivity contribution in [2.24, 2.45) is 23.7 Å². The number of hydrogen-bond donors (Lipinski definition) is 1. The summed E-state index contributed by atoms with van der Waals surface area (Å²) in [4.78, 5) is 26.2. The minimum atomic E-state index is -0.839. The van der Waals surface area contributed by atoms with Gasteiger partial charge >= 0.3 is 5.97 Å². The van der Waals surface area contributed by atoms with Crippen molar-refractivity contribution in [3.8, 4) is 0 Å². The quantitative estimate of drug-likeness (QED) is 0.770. The summed E-state index contributed by atoms with van der Waals surface area (Å²) in [6.45, 7) is 5.00. The SMILES string of the molecule is CC1CN(C(=O)C2C3C=CC(C3)C2C(=O)O)C(C)CO1. The predicted octanol–water partition coefficient (Wildman–Crippen LogP) is 1.15. The number of carboxylic acids is 1. The molecular weight excluding hydrogens is 258 g/mol. The number of ether oxygens (including phenoxy) is 1. The summed E-state index contributed by atoms with van der Waals surface area (Å²) in [6, 6.07) is 0.0243. The summed E-state index contributed by atoms with van der Waals surface area (Å²) >= 11 is 0. The second-order valence-corrected chi connectivity index (χ2v) is 6.32. The highest BCUT2D eigenvalue weighted by atomic mass is 16.5. The number of morpholine rings is 1. The molecule has 2 fully saturated rings. The van der Waals surface area contributed by atoms with Gasteiger partial charge in [0.1, 0.15) is 0 Å². The largest absolute Gasteiger partial charge is 0.481 e. The van der Waals surface area contributed by atoms with E-state index in [1.807, 2.05) is 30.9 Å². The minimum Gasteiger partial charge on any atom is -0.481 e. The second kappa shape index (κ2) is 4.88. The number of hydrogen-bond acceptors (Lipinski definition) is 3. The molecule has 0 aromatic heterocycles. The van der Waals surface area contributed by atoms with Crippen LogP contribution in [0.4, 0.5) is 0 Å². The zero-order valence-corrected chi connectivity index (χ0v) is 11.9. The van der Waals surface area contributed by atoms with E-state index in [9.17, 15) is 14.7 Å². The molecule has 3 aliphatic rings. The summed E-state index contributed by atoms with van der Waals surface area (Å²) in [5.74, 6) is -1.66. The maximum absolute atomic E-state index is 12.8. The van der Waals surface area contributed by atoms with Crippen molar-refractivity contribution in [1.82, 2.24) is 4.90 Å². The van der Waals surface area contributed by atoms with Crippen LogP contribution in [0.3, 0.4) is 0 Å². The van der Waals surface area contributed by atoms with E-state index < -0.39 is 17.8 Å². The topological polar surface area (TPSA) is 66.8 Å². The lowest BCUT2D eigenvalue weighted by Gasteiger charge is -2.40. The van der Waals surface area contributed by atoms with Crippen LogP contribution in [0.5, 0.6) is 0 Å². The van der Waals surface area contributed by atoms with Crippen LogP contribution in [0, 0.1) is 23.7 Å². The third-order valence-corrected chi connectivity index (χ3v) is 4.92. The van der Waals surface area contributed by atoms with Gasteiger partial charge in [-0.1, -0.05) is 12.2 Å². The number of carbonyl (C=O) groups excluding carboxylic acids is 1. The van der Waals surface area contributed by atoms with Gasteiger partial charge < -0.3 is 14.7 Å². The van der Waals surface area contributed by atoms with Gasteiger partial charge in [-0.3, -0.25) is 9.59 Å². The van der Waals surface area contributed by atoms with E-state index in [4.69, 9.17) is 4.74 Å². The number of carboxylic acid groups (broad SMARTS) is 1. The Morgan fingerprint density at radius 3 is 2.50 bits per heavy atom. The molecule has 3 rings (SSSR count). The summed E-state index contributed by atoms with van der Waals surface area (Å²) in [6.07, 6.45) is 4.83. The lowest BCUT2D eigenvalue weighted by molar-refractivity contribution is -0.157. The van der Waals surface area contributed by atoms with Crippen molar-refractivity contribution < 1.29 is 19.4 Å². The van der Waals surface area contributed by atoms with E-state index in [1.54, 1.807) is 0 Å². The molecule has 1 N–H and O–H groups in total. The maximum atomic E-state index is 12.8. The van der Waals surface area contributed by atoms with Crippen LogP contribution < -0.4 is 0 Å². The van der Waals surface area contributed by atoms with Gasteiger partial charge in [-0.05, 0) is 32.1 Å². The number of carbonyl (C=O) groups is 2. The molecule has 2 aliphatic carbocycles. The van der Waals surface area contributed by atoms with E-state index in [1.165, 1.54) is 0 Å². The van der Waals surface area contributed by atoms with Crippen molar-refractivity contribution in [2.45, 2.75) is 32.4 Å². The lowest BCUT2D eigenvalue weighted by Crippen LogP contribution is -2.54. The highest BCUT2D eigenvalue weighted by Gasteiger charge is 2.53. The van der Waals surface area contributed by atoms with Gasteiger partial charge in [0.2, 0.25) is 5.91 Å². The number of fused-ring (bicyclic) bond motifs is 2. The molecule has 6 atom stereocenters. The van der Waals surface area contributed by atoms with Gasteiger partial charge in [-0.15, -0.1) is 0 Å². The smallest absolute Gasteiger partial charge is 0.307 e. The average molecular weight is 279 g/mol. The normalized spacial score (nSPS) is 43.0. The molecule has 1 aliphatic heterocycles. The number of rotatable bonds is 2. The van der Waals surface area contributed by atoms with Crippen molar-refractivity contribution >= 4 is 11.9 Å². The van der Waals surface area contributed by atoms with Crippen LogP contribution in [0.1, 0.15) is 20.3 Å². The third-order valence-electron chi connectivity index (χ3n) is 4.92. The molecule has 1 saturated heterocycles. The highest BCUT2D eigenvalue weighted by molar-refractivity contribution is 5.87. The molecular formula is C15H21NO4. The van der Waals surface area contributed by atoms with Crippen LogP contribution >= 0.6 is 0 Å². The van der Waals surface area contributed by atoms with Gasteiger partial charge in [0.05, 0.1) is 30.6 Å². The van der Waals surface area contributed by atoms with Crippen molar-refractivity contribution in [2.75, 3.05) is 13.2 Å². The van der Waals surface area contributed by atoms with Crippen molar-refractivity contribution in [3.05, 3.63) is 12.2 Å². The highest BCUT2D eigenvalue weighted by Crippen LogP contribution is 2.49. The molecule has 110 valence electrons. The summed E-state index contributed by atoms with van der Waals surface area (Å²) in [7, 11) is 0. The third kappa shape index (κ3) is 2.04. The Labute approximate surface area is 118 Å². The molecule has 20 heavy (non-hydrogen) atoms. The molecule has 1 amide bonds. The fourth-order valence-electron chi connectivity index (χ4n) is 3.90. The summed E-state index contributed by atoms with van der Waals surface area (Å²) < 4.78 is 5.55. The van der Waals surface area contributed by atoms with Crippen molar-refractivity contribution in [1.29, 1.82) is 0 Å². The average Bonchev–Trinajstić information content (AvgIpc) is 3.00. The minimum absolute atomic E-state index is 0.00287. The predicted molar refractivity (Wildman–Crippen MR) is 71.9 cm³/mol. The number of amides is 1. The van der Waals surface area contributed by atoms with E-state index in [0.29, 0.717) is 13.2 Å². The molecule has 1 heterocycles. The Bertz CT molecular complexity index is 461. The first-order valence-electron chi connectivity index (χ1n) is 7.32. The Morgan fingerprint density at radius 2 is 1.85 bits per heavy atom. The first-order valence-corrected chi connectivity index (χ1v) is 7.32. The Morgan fingerprint density at radius 1 is 1.20 bits per heavy atom. The summed E-state index contributed by atoms with van der Waals surface area (Å²) in [5, 5.41) is 9.44. The fraction of sp³-hybridized carbons (Fsp3) is 0.733. The van der Waals surface area contributed by atoms with Crippen LogP contribution in [0.15, 0.2) is 12.2 Å². The first-order chi connectivity index (χ1) is 9.49. The Balaban J connectivity index is 1.82. The molecule has 2 bridgehead atoms. The number of allylic oxidation sites excluding steroid dienone is 2. The molecule has 0 radical (unpaired) electrons. The van der Waals surface area contributed by atoms with Gasteiger partial charge in [-0.2, -0.15) is 0 Å². The molecule has 0 aromatic carbocycles. The number of aliphatic carboxylic acids is 1. The Hall–Kier alpha value is -1.36. The molecule has 0 spiro atoms. The zero-order valence-electron chi connectivity index (χ0n) is 11.9. The van der Waals surface area contributed by atoms with Crippen LogP contribution in [-0.4, -0.2) is 47.2 Å². The van der Waals surface area contributed by atoms with E-state index in [2.05, 4.69) is 0 Å². The number of nitrogens with zero attached hydrogens (tertiary/aromatic N) is 1. The van der Waals surface area contributed by atoms with Crippen LogP contribution in [0.25, 0.3) is 0 Å². The molecule has 0 aromatic rings. The Kier molecular flexibility index (Phi) is 3.32. The second-order valence-electron chi connectivity index (χ2n) is 6.32. The molecule has 1 saturated carbocycles. The van der Waals surface area contributed by atoms with Gasteiger partial charge in [0.25, 0.3) is 0 Å². The van der Waals surface area contributed by atoms with E-state index >= 15 is 0 Å². The lowest BCUT2D eigenvalue weighted by atomic mass is 9.81. The molecule has 6 unspecified atom stereocenters. The van der Waals surface area contributed by atoms with Crippen LogP contribution in [-0.2, 0) is 14.3 Å². The van der Waals surface area contributed by atoms with Gasteiger partial charge in [0.15, 0.2) is 0 Å². The fourth-order valence-corrected chi connectivity index (χ4v) is 3.90. The molecule has 5 nitrogen and oxygen atoms in total. The summed E-state index contributed by atoms with van der Waals surface area (Å²) in [5.41, 5.74) is 0.